The number of rotatable bonds is 7. The van der Waals surface area contributed by atoms with Crippen molar-refractivity contribution in [2.75, 3.05) is 46.9 Å². The minimum absolute atomic E-state index is 0.0356. The number of likely N-dealkylation sites (N-methyl/N-ethyl adjacent to an activating group) is 2. The van der Waals surface area contributed by atoms with Gasteiger partial charge in [0.2, 0.25) is 5.91 Å². The number of ether oxygens (including phenoxy) is 1. The molecule has 5 fully saturated rings. The number of nitriles is 1. The van der Waals surface area contributed by atoms with E-state index in [1.54, 1.807) is 12.1 Å². The Morgan fingerprint density at radius 2 is 1.94 bits per heavy atom. The summed E-state index contributed by atoms with van der Waals surface area (Å²) in [5.41, 5.74) is 0.552. The topological polar surface area (TPSA) is 104 Å². The van der Waals surface area contributed by atoms with Gasteiger partial charge in [0.1, 0.15) is 5.82 Å². The molecule has 0 bridgehead atoms. The maximum atomic E-state index is 14.5. The van der Waals surface area contributed by atoms with Crippen molar-refractivity contribution in [3.63, 3.8) is 0 Å². The predicted octanol–water partition coefficient (Wildman–Crippen LogP) is 3.84. The Kier molecular flexibility index (Phi) is 9.90. The van der Waals surface area contributed by atoms with E-state index >= 15 is 0 Å². The molecule has 7 atom stereocenters. The van der Waals surface area contributed by atoms with Gasteiger partial charge in [0.05, 0.1) is 30.8 Å². The van der Waals surface area contributed by atoms with Crippen molar-refractivity contribution in [1.29, 1.82) is 5.26 Å². The van der Waals surface area contributed by atoms with Crippen LogP contribution in [0.15, 0.2) is 30.9 Å². The van der Waals surface area contributed by atoms with Crippen LogP contribution in [0.3, 0.4) is 0 Å². The molecule has 4 aliphatic heterocycles. The van der Waals surface area contributed by atoms with Gasteiger partial charge in [0.25, 0.3) is 5.91 Å². The average Bonchev–Trinajstić information content (AvgIpc) is 3.53. The van der Waals surface area contributed by atoms with Gasteiger partial charge in [0, 0.05) is 55.8 Å². The van der Waals surface area contributed by atoms with E-state index in [4.69, 9.17) is 4.74 Å². The molecule has 2 N–H and O–H groups in total. The number of nitrogens with zero attached hydrogens (tertiary/aromatic N) is 5. The van der Waals surface area contributed by atoms with Crippen LogP contribution in [-0.4, -0.2) is 114 Å². The van der Waals surface area contributed by atoms with Crippen molar-refractivity contribution in [1.82, 2.24) is 30.2 Å². The van der Waals surface area contributed by atoms with Gasteiger partial charge in [-0.3, -0.25) is 25.1 Å². The molecular formula is C38H54FN7O3. The Morgan fingerprint density at radius 3 is 2.67 bits per heavy atom. The van der Waals surface area contributed by atoms with Crippen molar-refractivity contribution in [2.24, 2.45) is 11.8 Å². The Balaban J connectivity index is 1.26. The largest absolute Gasteiger partial charge is 0.348 e. The Hall–Kier alpha value is -2.88. The number of benzene rings is 1. The van der Waals surface area contributed by atoms with E-state index in [1.165, 1.54) is 37.8 Å². The lowest BCUT2D eigenvalue weighted by Gasteiger charge is -2.65. The molecule has 7 rings (SSSR count). The summed E-state index contributed by atoms with van der Waals surface area (Å²) in [5.74, 6) is 0.118. The van der Waals surface area contributed by atoms with Gasteiger partial charge in [-0.2, -0.15) is 5.26 Å². The van der Waals surface area contributed by atoms with Gasteiger partial charge in [-0.05, 0) is 101 Å². The lowest BCUT2D eigenvalue weighted by Crippen LogP contribution is -2.82. The van der Waals surface area contributed by atoms with Crippen LogP contribution >= 0.6 is 0 Å². The lowest BCUT2D eigenvalue weighted by molar-refractivity contribution is -0.188. The molecule has 2 saturated carbocycles. The molecule has 10 nitrogen and oxygen atoms in total. The second kappa shape index (κ2) is 14.0. The van der Waals surface area contributed by atoms with Crippen LogP contribution < -0.4 is 10.6 Å². The maximum absolute atomic E-state index is 14.5. The molecule has 1 spiro atoms. The van der Waals surface area contributed by atoms with Crippen LogP contribution in [0.4, 0.5) is 4.39 Å². The zero-order valence-corrected chi connectivity index (χ0v) is 29.3. The normalized spacial score (nSPS) is 36.0. The minimum Gasteiger partial charge on any atom is -0.348 e. The quantitative estimate of drug-likeness (QED) is 0.421. The summed E-state index contributed by atoms with van der Waals surface area (Å²) in [5, 5.41) is 17.9. The summed E-state index contributed by atoms with van der Waals surface area (Å²) < 4.78 is 21.3. The van der Waals surface area contributed by atoms with E-state index in [9.17, 15) is 19.2 Å². The van der Waals surface area contributed by atoms with Gasteiger partial charge in [-0.1, -0.05) is 25.8 Å². The molecule has 49 heavy (non-hydrogen) atoms. The number of piperazine rings is 1. The molecule has 2 amide bonds. The van der Waals surface area contributed by atoms with Crippen molar-refractivity contribution >= 4 is 11.8 Å². The molecule has 6 aliphatic rings. The lowest BCUT2D eigenvalue weighted by atomic mass is 9.60. The third kappa shape index (κ3) is 6.22. The molecular weight excluding hydrogens is 621 g/mol. The number of amides is 2. The summed E-state index contributed by atoms with van der Waals surface area (Å²) in [6, 6.07) is 7.12. The molecule has 0 radical (unpaired) electrons. The summed E-state index contributed by atoms with van der Waals surface area (Å²) >= 11 is 0. The van der Waals surface area contributed by atoms with Crippen molar-refractivity contribution in [2.45, 2.75) is 113 Å². The van der Waals surface area contributed by atoms with Crippen LogP contribution in [0.2, 0.25) is 0 Å². The van der Waals surface area contributed by atoms with Crippen LogP contribution in [0.25, 0.3) is 0 Å². The van der Waals surface area contributed by atoms with Gasteiger partial charge in [-0.25, -0.2) is 4.39 Å². The summed E-state index contributed by atoms with van der Waals surface area (Å²) in [6.45, 7) is 7.29. The fraction of sp³-hybridized carbons (Fsp3) is 0.711. The monoisotopic (exact) mass is 675 g/mol. The fourth-order valence-electron chi connectivity index (χ4n) is 10.7. The molecule has 1 aromatic carbocycles. The minimum atomic E-state index is -0.434. The van der Waals surface area contributed by atoms with Gasteiger partial charge < -0.3 is 19.4 Å². The molecule has 4 heterocycles. The van der Waals surface area contributed by atoms with Crippen LogP contribution in [0, 0.1) is 29.0 Å². The van der Waals surface area contributed by atoms with E-state index < -0.39 is 17.6 Å². The smallest absolute Gasteiger partial charge is 0.254 e. The average molecular weight is 676 g/mol. The molecule has 266 valence electrons. The first-order valence-corrected chi connectivity index (χ1v) is 18.7. The van der Waals surface area contributed by atoms with Crippen molar-refractivity contribution in [3.05, 3.63) is 47.8 Å². The van der Waals surface area contributed by atoms with E-state index in [-0.39, 0.29) is 42.1 Å². The summed E-state index contributed by atoms with van der Waals surface area (Å²) in [4.78, 5) is 35.5. The highest BCUT2D eigenvalue weighted by atomic mass is 19.1. The second-order valence-electron chi connectivity index (χ2n) is 15.7. The van der Waals surface area contributed by atoms with Gasteiger partial charge in [-0.15, -0.1) is 0 Å². The number of halogens is 1. The molecule has 0 aromatic heterocycles. The molecule has 1 aromatic rings. The highest BCUT2D eigenvalue weighted by molar-refractivity contribution is 5.97. The van der Waals surface area contributed by atoms with Crippen LogP contribution in [0.5, 0.6) is 0 Å². The predicted molar refractivity (Wildman–Crippen MR) is 185 cm³/mol. The van der Waals surface area contributed by atoms with Crippen LogP contribution in [-0.2, 0) is 16.0 Å². The zero-order valence-electron chi connectivity index (χ0n) is 29.3. The molecule has 11 heteroatoms. The number of likely N-dealkylation sites (tertiary alicyclic amines) is 1. The van der Waals surface area contributed by atoms with E-state index in [2.05, 4.69) is 40.1 Å². The third-order valence-electron chi connectivity index (χ3n) is 13.3. The van der Waals surface area contributed by atoms with E-state index in [0.29, 0.717) is 50.2 Å². The van der Waals surface area contributed by atoms with Gasteiger partial charge in [0.15, 0.2) is 6.35 Å². The standard InChI is InChI=1S/C38H54FN7O3/c1-4-34(47)46-20-19-45(24-29(46)15-17-40)38(27-9-6-5-7-10-27)32-14-16-37(22-26-21-28(39)12-13-31(26)35(48)44(37)3)23-33(32)41-36(42-38)49-25-30-11-8-18-43(30)2/h4,12-13,21,27,29-30,32-33,36,41-42H,1,5-11,14-16,18-20,22-25H2,2-3H3/t29-,30-,32?,33?,36?,37-,38?/m1/s1. The first kappa shape index (κ1) is 34.6. The van der Waals surface area contributed by atoms with E-state index in [0.717, 1.165) is 50.6 Å². The Labute approximate surface area is 291 Å². The third-order valence-corrected chi connectivity index (χ3v) is 13.3. The summed E-state index contributed by atoms with van der Waals surface area (Å²) in [7, 11) is 4.10. The fourth-order valence-corrected chi connectivity index (χ4v) is 10.7. The van der Waals surface area contributed by atoms with Gasteiger partial charge >= 0.3 is 0 Å². The number of hydrogen-bond donors (Lipinski definition) is 2. The molecule has 2 aliphatic carbocycles. The number of carbonyl (C=O) groups is 2. The first-order chi connectivity index (χ1) is 23.7. The van der Waals surface area contributed by atoms with Crippen molar-refractivity contribution in [3.8, 4) is 6.07 Å². The SMILES string of the molecule is C=CC(=O)N1CCN(C2(C3CCCCC3)NC(OC[C@H]3CCCN3C)NC3C[C@@]4(CCC32)Cc2cc(F)ccc2C(=O)N4C)C[C@H]1CC#N. The number of carbonyl (C=O) groups excluding carboxylic acids is 2. The Bertz CT molecular complexity index is 1460. The zero-order chi connectivity index (χ0) is 34.3. The Morgan fingerprint density at radius 1 is 1.12 bits per heavy atom. The second-order valence-corrected chi connectivity index (χ2v) is 15.7. The number of nitrogens with one attached hydrogen (secondary N) is 2. The van der Waals surface area contributed by atoms with Crippen molar-refractivity contribution < 1.29 is 18.7 Å². The summed E-state index contributed by atoms with van der Waals surface area (Å²) in [6.07, 6.45) is 12.4. The molecule has 4 unspecified atom stereocenters. The van der Waals surface area contributed by atoms with E-state index in [1.807, 2.05) is 16.8 Å². The van der Waals surface area contributed by atoms with Crippen LogP contribution in [0.1, 0.15) is 86.6 Å². The first-order valence-electron chi connectivity index (χ1n) is 18.7. The highest BCUT2D eigenvalue weighted by Crippen LogP contribution is 2.52. The maximum Gasteiger partial charge on any atom is 0.254 e. The number of fused-ring (bicyclic) bond motifs is 2. The highest BCUT2D eigenvalue weighted by Gasteiger charge is 2.61. The number of hydrogen-bond acceptors (Lipinski definition) is 8. The molecule has 3 saturated heterocycles.